The number of fused-ring (bicyclic) bond motifs is 1. The molecule has 0 aliphatic carbocycles. The molecule has 0 unspecified atom stereocenters. The first kappa shape index (κ1) is 21.3. The van der Waals surface area contributed by atoms with E-state index in [1.807, 2.05) is 12.1 Å². The highest BCUT2D eigenvalue weighted by Gasteiger charge is 2.14. The highest BCUT2D eigenvalue weighted by Crippen LogP contribution is 2.33. The van der Waals surface area contributed by atoms with Crippen LogP contribution in [0.15, 0.2) is 36.7 Å². The normalized spacial score (nSPS) is 14.6. The lowest BCUT2D eigenvalue weighted by Gasteiger charge is -2.26. The Bertz CT molecular complexity index is 1040. The Morgan fingerprint density at radius 2 is 1.97 bits per heavy atom. The zero-order valence-corrected chi connectivity index (χ0v) is 17.6. The highest BCUT2D eigenvalue weighted by atomic mass is 19.1. The van der Waals surface area contributed by atoms with E-state index in [0.29, 0.717) is 35.8 Å². The van der Waals surface area contributed by atoms with E-state index in [0.717, 1.165) is 55.9 Å². The van der Waals surface area contributed by atoms with Crippen molar-refractivity contribution in [1.82, 2.24) is 14.9 Å². The van der Waals surface area contributed by atoms with Gasteiger partial charge in [-0.2, -0.15) is 0 Å². The summed E-state index contributed by atoms with van der Waals surface area (Å²) in [6.07, 6.45) is 2.71. The van der Waals surface area contributed by atoms with E-state index in [-0.39, 0.29) is 5.82 Å². The molecule has 3 aromatic rings. The predicted octanol–water partition coefficient (Wildman–Crippen LogP) is 3.05. The molecule has 0 amide bonds. The molecule has 7 nitrogen and oxygen atoms in total. The van der Waals surface area contributed by atoms with Gasteiger partial charge in [0.05, 0.1) is 38.1 Å². The molecule has 0 radical (unpaired) electrons. The summed E-state index contributed by atoms with van der Waals surface area (Å²) in [5.41, 5.74) is 8.02. The number of ether oxygens (including phenoxy) is 3. The fraction of sp³-hybridized carbons (Fsp3) is 0.391. The molecule has 1 fully saturated rings. The molecule has 0 saturated carbocycles. The quantitative estimate of drug-likeness (QED) is 0.438. The van der Waals surface area contributed by atoms with Crippen molar-refractivity contribution in [2.45, 2.75) is 12.8 Å². The van der Waals surface area contributed by atoms with Gasteiger partial charge in [-0.15, -0.1) is 0 Å². The number of hydrogen-bond acceptors (Lipinski definition) is 7. The van der Waals surface area contributed by atoms with Crippen LogP contribution in [-0.4, -0.2) is 61.4 Å². The second kappa shape index (κ2) is 9.89. The lowest BCUT2D eigenvalue weighted by Crippen LogP contribution is -2.37. The molecule has 1 aromatic heterocycles. The minimum Gasteiger partial charge on any atom is -0.493 e. The Kier molecular flexibility index (Phi) is 6.79. The molecule has 4 rings (SSSR count). The second-order valence-electron chi connectivity index (χ2n) is 7.52. The number of nitrogens with two attached hydrogens (primary N) is 1. The molecule has 1 aliphatic rings. The lowest BCUT2D eigenvalue weighted by atomic mass is 10.0. The molecule has 0 bridgehead atoms. The first-order valence-corrected chi connectivity index (χ1v) is 10.4. The summed E-state index contributed by atoms with van der Waals surface area (Å²) in [4.78, 5) is 11.1. The molecule has 8 heteroatoms. The average Bonchev–Trinajstić information content (AvgIpc) is 2.79. The molecule has 2 N–H and O–H groups in total. The third-order valence-corrected chi connectivity index (χ3v) is 5.42. The predicted molar refractivity (Wildman–Crippen MR) is 117 cm³/mol. The molecule has 164 valence electrons. The van der Waals surface area contributed by atoms with Crippen molar-refractivity contribution in [3.63, 3.8) is 0 Å². The molecule has 2 heterocycles. The minimum absolute atomic E-state index is 0.327. The lowest BCUT2D eigenvalue weighted by molar-refractivity contribution is 0.0357. The first-order chi connectivity index (χ1) is 15.1. The number of benzene rings is 2. The van der Waals surface area contributed by atoms with Gasteiger partial charge in [0.1, 0.15) is 12.1 Å². The van der Waals surface area contributed by atoms with Crippen LogP contribution in [-0.2, 0) is 11.2 Å². The summed E-state index contributed by atoms with van der Waals surface area (Å²) in [5.74, 6) is 0.896. The summed E-state index contributed by atoms with van der Waals surface area (Å²) in [5, 5.41) is 0.808. The van der Waals surface area contributed by atoms with E-state index < -0.39 is 0 Å². The third kappa shape index (κ3) is 5.21. The van der Waals surface area contributed by atoms with Gasteiger partial charge >= 0.3 is 0 Å². The molecular weight excluding hydrogens is 399 g/mol. The largest absolute Gasteiger partial charge is 0.493 e. The summed E-state index contributed by atoms with van der Waals surface area (Å²) >= 11 is 0. The summed E-state index contributed by atoms with van der Waals surface area (Å²) in [7, 11) is 1.60. The van der Waals surface area contributed by atoms with Gasteiger partial charge in [0.25, 0.3) is 0 Å². The number of methoxy groups -OCH3 is 1. The maximum atomic E-state index is 14.3. The number of halogens is 1. The highest BCUT2D eigenvalue weighted by molar-refractivity contribution is 5.84. The molecule has 1 aliphatic heterocycles. The Morgan fingerprint density at radius 1 is 1.13 bits per heavy atom. The van der Waals surface area contributed by atoms with Gasteiger partial charge < -0.3 is 19.9 Å². The summed E-state index contributed by atoms with van der Waals surface area (Å²) in [6.45, 7) is 5.02. The van der Waals surface area contributed by atoms with Gasteiger partial charge in [0.15, 0.2) is 11.5 Å². The Balaban J connectivity index is 1.52. The Morgan fingerprint density at radius 3 is 2.74 bits per heavy atom. The standard InChI is InChI=1S/C23H27FN4O3/c1-29-22-14-21-18(13-23(22)31-8-2-5-28-6-9-30-10-7-28)20(26-15-27-21)11-16-3-4-17(25)12-19(16)24/h3-4,12-15H,2,5-11,25H2,1H3. The van der Waals surface area contributed by atoms with E-state index in [9.17, 15) is 4.39 Å². The topological polar surface area (TPSA) is 82.7 Å². The number of nitrogens with zero attached hydrogens (tertiary/aromatic N) is 3. The van der Waals surface area contributed by atoms with Gasteiger partial charge in [-0.25, -0.2) is 14.4 Å². The third-order valence-electron chi connectivity index (χ3n) is 5.42. The van der Waals surface area contributed by atoms with Crippen LogP contribution in [0.1, 0.15) is 17.7 Å². The van der Waals surface area contributed by atoms with Gasteiger partial charge in [-0.05, 0) is 30.2 Å². The zero-order valence-electron chi connectivity index (χ0n) is 17.6. The fourth-order valence-electron chi connectivity index (χ4n) is 3.71. The van der Waals surface area contributed by atoms with Crippen molar-refractivity contribution in [1.29, 1.82) is 0 Å². The van der Waals surface area contributed by atoms with Gasteiger partial charge in [0.2, 0.25) is 0 Å². The number of aromatic nitrogens is 2. The van der Waals surface area contributed by atoms with Crippen LogP contribution < -0.4 is 15.2 Å². The van der Waals surface area contributed by atoms with Crippen molar-refractivity contribution >= 4 is 16.6 Å². The van der Waals surface area contributed by atoms with E-state index in [1.54, 1.807) is 19.2 Å². The zero-order chi connectivity index (χ0) is 21.6. The number of rotatable bonds is 8. The SMILES string of the molecule is COc1cc2ncnc(Cc3ccc(N)cc3F)c2cc1OCCCN1CCOCC1. The van der Waals surface area contributed by atoms with Crippen LogP contribution in [0.2, 0.25) is 0 Å². The van der Waals surface area contributed by atoms with E-state index in [1.165, 1.54) is 12.4 Å². The summed E-state index contributed by atoms with van der Waals surface area (Å²) < 4.78 is 31.2. The van der Waals surface area contributed by atoms with E-state index in [2.05, 4.69) is 14.9 Å². The van der Waals surface area contributed by atoms with Crippen LogP contribution in [0.4, 0.5) is 10.1 Å². The molecular formula is C23H27FN4O3. The van der Waals surface area contributed by atoms with Crippen molar-refractivity contribution in [3.8, 4) is 11.5 Å². The van der Waals surface area contributed by atoms with Crippen molar-refractivity contribution in [2.75, 3.05) is 52.3 Å². The minimum atomic E-state index is -0.347. The molecule has 1 saturated heterocycles. The van der Waals surface area contributed by atoms with Crippen LogP contribution in [0, 0.1) is 5.82 Å². The molecule has 0 spiro atoms. The smallest absolute Gasteiger partial charge is 0.162 e. The molecule has 31 heavy (non-hydrogen) atoms. The average molecular weight is 426 g/mol. The van der Waals surface area contributed by atoms with Crippen LogP contribution in [0.5, 0.6) is 11.5 Å². The Labute approximate surface area is 180 Å². The van der Waals surface area contributed by atoms with Crippen LogP contribution in [0.25, 0.3) is 10.9 Å². The molecule has 0 atom stereocenters. The van der Waals surface area contributed by atoms with Gasteiger partial charge in [0, 0.05) is 43.2 Å². The number of hydrogen-bond donors (Lipinski definition) is 1. The fourth-order valence-corrected chi connectivity index (χ4v) is 3.71. The maximum absolute atomic E-state index is 14.3. The van der Waals surface area contributed by atoms with E-state index in [4.69, 9.17) is 19.9 Å². The van der Waals surface area contributed by atoms with Crippen LogP contribution in [0.3, 0.4) is 0 Å². The maximum Gasteiger partial charge on any atom is 0.162 e. The van der Waals surface area contributed by atoms with Gasteiger partial charge in [-0.3, -0.25) is 4.90 Å². The second-order valence-corrected chi connectivity index (χ2v) is 7.52. The number of morpholine rings is 1. The monoisotopic (exact) mass is 426 g/mol. The first-order valence-electron chi connectivity index (χ1n) is 10.4. The van der Waals surface area contributed by atoms with Crippen molar-refractivity contribution < 1.29 is 18.6 Å². The molecule has 2 aromatic carbocycles. The Hall–Kier alpha value is -2.97. The summed E-state index contributed by atoms with van der Waals surface area (Å²) in [6, 6.07) is 8.41. The van der Waals surface area contributed by atoms with E-state index >= 15 is 0 Å². The van der Waals surface area contributed by atoms with Gasteiger partial charge in [-0.1, -0.05) is 6.07 Å². The van der Waals surface area contributed by atoms with Crippen molar-refractivity contribution in [3.05, 3.63) is 53.7 Å². The van der Waals surface area contributed by atoms with Crippen molar-refractivity contribution in [2.24, 2.45) is 0 Å². The van der Waals surface area contributed by atoms with Crippen LogP contribution >= 0.6 is 0 Å². The number of nitrogen functional groups attached to an aromatic ring is 1. The number of anilines is 1.